The largest absolute Gasteiger partial charge is 0.391 e. The highest BCUT2D eigenvalue weighted by molar-refractivity contribution is 7.13. The number of aromatic nitrogens is 2. The molecule has 0 aliphatic carbocycles. The fourth-order valence-electron chi connectivity index (χ4n) is 4.67. The van der Waals surface area contributed by atoms with Gasteiger partial charge in [0.2, 0.25) is 11.8 Å². The summed E-state index contributed by atoms with van der Waals surface area (Å²) >= 11 is 1.53. The molecule has 3 aromatic rings. The Balaban J connectivity index is 1.50. The molecule has 0 radical (unpaired) electrons. The maximum atomic E-state index is 14.0. The van der Waals surface area contributed by atoms with Crippen molar-refractivity contribution < 1.29 is 23.6 Å². The molecule has 2 aromatic heterocycles. The summed E-state index contributed by atoms with van der Waals surface area (Å²) in [6, 6.07) is 7.26. The van der Waals surface area contributed by atoms with Gasteiger partial charge in [-0.2, -0.15) is 0 Å². The standard InChI is InChI=1S/C26H31FN4O4S/c1-14(2)23(22-9-15(3)30-35-22)26(34)31-12-19(32)10-21(31)25(33)29-20(11-27)17-5-7-18(8-6-17)24-16(4)28-13-36-24/h5-9,13-14,19-21,23,32H,10-12H2,1-4H3,(H,29,33)/t19-,20+,21+,23-/m1/s1. The molecule has 0 saturated carbocycles. The smallest absolute Gasteiger partial charge is 0.243 e. The van der Waals surface area contributed by atoms with Crippen LogP contribution in [0.5, 0.6) is 0 Å². The van der Waals surface area contributed by atoms with Gasteiger partial charge >= 0.3 is 0 Å². The first-order valence-electron chi connectivity index (χ1n) is 12.0. The third-order valence-electron chi connectivity index (χ3n) is 6.54. The number of rotatable bonds is 8. The summed E-state index contributed by atoms with van der Waals surface area (Å²) in [6.45, 7) is 6.70. The van der Waals surface area contributed by atoms with Gasteiger partial charge in [-0.25, -0.2) is 9.37 Å². The van der Waals surface area contributed by atoms with Crippen LogP contribution in [0, 0.1) is 19.8 Å². The summed E-state index contributed by atoms with van der Waals surface area (Å²) in [5, 5.41) is 17.0. The summed E-state index contributed by atoms with van der Waals surface area (Å²) in [7, 11) is 0. The molecule has 192 valence electrons. The average Bonchev–Trinajstić information content (AvgIpc) is 3.57. The molecule has 1 saturated heterocycles. The van der Waals surface area contributed by atoms with Crippen molar-refractivity contribution in [3.8, 4) is 10.4 Å². The van der Waals surface area contributed by atoms with Crippen LogP contribution >= 0.6 is 11.3 Å². The van der Waals surface area contributed by atoms with E-state index in [1.165, 1.54) is 16.2 Å². The number of nitrogens with one attached hydrogen (secondary N) is 1. The van der Waals surface area contributed by atoms with Crippen LogP contribution in [-0.2, 0) is 9.59 Å². The van der Waals surface area contributed by atoms with Crippen molar-refractivity contribution in [3.05, 3.63) is 58.6 Å². The molecular weight excluding hydrogens is 483 g/mol. The van der Waals surface area contributed by atoms with Crippen LogP contribution < -0.4 is 5.32 Å². The number of hydrogen-bond acceptors (Lipinski definition) is 7. The first kappa shape index (κ1) is 26.0. The summed E-state index contributed by atoms with van der Waals surface area (Å²) in [4.78, 5) is 33.5. The van der Waals surface area contributed by atoms with Gasteiger partial charge in [0.05, 0.1) is 33.9 Å². The summed E-state index contributed by atoms with van der Waals surface area (Å²) in [6.07, 6.45) is -0.764. The van der Waals surface area contributed by atoms with Crippen molar-refractivity contribution in [2.24, 2.45) is 5.92 Å². The number of hydrogen-bond donors (Lipinski definition) is 2. The molecular formula is C26H31FN4O4S. The molecule has 36 heavy (non-hydrogen) atoms. The Morgan fingerprint density at radius 2 is 2.00 bits per heavy atom. The van der Waals surface area contributed by atoms with Gasteiger partial charge < -0.3 is 19.8 Å². The number of aryl methyl sites for hydroxylation is 2. The van der Waals surface area contributed by atoms with E-state index < -0.39 is 36.7 Å². The number of benzene rings is 1. The molecule has 3 heterocycles. The Morgan fingerprint density at radius 3 is 2.56 bits per heavy atom. The summed E-state index contributed by atoms with van der Waals surface area (Å²) in [5.74, 6) is -1.16. The number of carbonyl (C=O) groups is 2. The Bertz CT molecular complexity index is 1210. The molecule has 1 fully saturated rings. The third-order valence-corrected chi connectivity index (χ3v) is 7.52. The van der Waals surface area contributed by atoms with E-state index in [0.29, 0.717) is 17.0 Å². The first-order chi connectivity index (χ1) is 17.2. The number of halogens is 1. The molecule has 8 nitrogen and oxygen atoms in total. The van der Waals surface area contributed by atoms with Crippen molar-refractivity contribution in [2.75, 3.05) is 13.2 Å². The zero-order valence-electron chi connectivity index (χ0n) is 20.8. The van der Waals surface area contributed by atoms with Crippen LogP contribution in [0.25, 0.3) is 10.4 Å². The van der Waals surface area contributed by atoms with Crippen molar-refractivity contribution >= 4 is 23.2 Å². The van der Waals surface area contributed by atoms with E-state index in [2.05, 4.69) is 15.5 Å². The minimum Gasteiger partial charge on any atom is -0.391 e. The molecule has 0 spiro atoms. The normalized spacial score (nSPS) is 19.5. The van der Waals surface area contributed by atoms with Gasteiger partial charge in [0, 0.05) is 19.0 Å². The van der Waals surface area contributed by atoms with Crippen LogP contribution in [0.4, 0.5) is 4.39 Å². The van der Waals surface area contributed by atoms with Gasteiger partial charge in [-0.15, -0.1) is 11.3 Å². The Morgan fingerprint density at radius 1 is 1.28 bits per heavy atom. The fraction of sp³-hybridized carbons (Fsp3) is 0.462. The maximum Gasteiger partial charge on any atom is 0.243 e. The van der Waals surface area contributed by atoms with E-state index >= 15 is 0 Å². The minimum atomic E-state index is -0.911. The van der Waals surface area contributed by atoms with Gasteiger partial charge in [-0.3, -0.25) is 9.59 Å². The third kappa shape index (κ3) is 5.34. The molecule has 2 amide bonds. The SMILES string of the molecule is Cc1cc([C@H](C(=O)N2C[C@H](O)C[C@H]2C(=O)N[C@@H](CF)c2ccc(-c3scnc3C)cc2)C(C)C)on1. The second-order valence-corrected chi connectivity index (χ2v) is 10.4. The van der Waals surface area contributed by atoms with Crippen LogP contribution in [0.3, 0.4) is 0 Å². The van der Waals surface area contributed by atoms with E-state index in [9.17, 15) is 19.1 Å². The molecule has 10 heteroatoms. The van der Waals surface area contributed by atoms with Crippen molar-refractivity contribution in [2.45, 2.75) is 58.2 Å². The van der Waals surface area contributed by atoms with E-state index in [1.54, 1.807) is 30.6 Å². The highest BCUT2D eigenvalue weighted by Gasteiger charge is 2.43. The number of alkyl halides is 1. The lowest BCUT2D eigenvalue weighted by Crippen LogP contribution is -2.49. The summed E-state index contributed by atoms with van der Waals surface area (Å²) < 4.78 is 19.4. The molecule has 1 aromatic carbocycles. The van der Waals surface area contributed by atoms with Crippen molar-refractivity contribution in [3.63, 3.8) is 0 Å². The molecule has 4 rings (SSSR count). The number of β-amino-alcohol motifs (C(OH)–C–C–N with tert-alkyl or cyclic N) is 1. The van der Waals surface area contributed by atoms with Gasteiger partial charge in [0.1, 0.15) is 24.4 Å². The number of aliphatic hydroxyl groups excluding tert-OH is 1. The molecule has 2 N–H and O–H groups in total. The summed E-state index contributed by atoms with van der Waals surface area (Å²) in [5.41, 5.74) is 4.94. The number of carbonyl (C=O) groups excluding carboxylic acids is 2. The lowest BCUT2D eigenvalue weighted by molar-refractivity contribution is -0.141. The Labute approximate surface area is 213 Å². The van der Waals surface area contributed by atoms with E-state index in [0.717, 1.165) is 16.1 Å². The van der Waals surface area contributed by atoms with Gasteiger partial charge in [-0.1, -0.05) is 43.3 Å². The van der Waals surface area contributed by atoms with Crippen molar-refractivity contribution in [1.29, 1.82) is 0 Å². The van der Waals surface area contributed by atoms with Gasteiger partial charge in [0.25, 0.3) is 0 Å². The van der Waals surface area contributed by atoms with Gasteiger partial charge in [0.15, 0.2) is 0 Å². The molecule has 1 aliphatic heterocycles. The number of nitrogens with zero attached hydrogens (tertiary/aromatic N) is 3. The average molecular weight is 515 g/mol. The van der Waals surface area contributed by atoms with E-state index in [4.69, 9.17) is 4.52 Å². The van der Waals surface area contributed by atoms with Crippen molar-refractivity contribution in [1.82, 2.24) is 20.4 Å². The zero-order valence-corrected chi connectivity index (χ0v) is 21.6. The first-order valence-corrected chi connectivity index (χ1v) is 12.9. The Kier molecular flexibility index (Phi) is 7.85. The van der Waals surface area contributed by atoms with Crippen LogP contribution in [0.15, 0.2) is 40.4 Å². The highest BCUT2D eigenvalue weighted by atomic mass is 32.1. The topological polar surface area (TPSA) is 109 Å². The van der Waals surface area contributed by atoms with Crippen LogP contribution in [0.1, 0.15) is 54.9 Å². The lowest BCUT2D eigenvalue weighted by Gasteiger charge is -2.29. The Hall–Kier alpha value is -3.11. The van der Waals surface area contributed by atoms with E-state index in [1.807, 2.05) is 32.9 Å². The number of thiazole rings is 1. The number of aliphatic hydroxyl groups is 1. The monoisotopic (exact) mass is 514 g/mol. The van der Waals surface area contributed by atoms with Gasteiger partial charge in [-0.05, 0) is 30.9 Å². The highest BCUT2D eigenvalue weighted by Crippen LogP contribution is 2.32. The van der Waals surface area contributed by atoms with Crippen LogP contribution in [0.2, 0.25) is 0 Å². The zero-order chi connectivity index (χ0) is 26.0. The lowest BCUT2D eigenvalue weighted by atomic mass is 9.91. The maximum absolute atomic E-state index is 14.0. The molecule has 0 unspecified atom stereocenters. The fourth-order valence-corrected chi connectivity index (χ4v) is 5.49. The molecule has 0 bridgehead atoms. The predicted octanol–water partition coefficient (Wildman–Crippen LogP) is 3.94. The van der Waals surface area contributed by atoms with E-state index in [-0.39, 0.29) is 24.8 Å². The minimum absolute atomic E-state index is 0.0243. The second kappa shape index (κ2) is 10.9. The molecule has 4 atom stereocenters. The predicted molar refractivity (Wildman–Crippen MR) is 134 cm³/mol. The quantitative estimate of drug-likeness (QED) is 0.471. The molecule has 1 aliphatic rings. The number of likely N-dealkylation sites (tertiary alicyclic amines) is 1. The van der Waals surface area contributed by atoms with Crippen LogP contribution in [-0.4, -0.2) is 57.3 Å². The second-order valence-electron chi connectivity index (χ2n) is 9.59. The number of amides is 2.